The molecule has 0 bridgehead atoms. The van der Waals surface area contributed by atoms with Crippen LogP contribution in [0.15, 0.2) is 24.3 Å². The SMILES string of the molecule is COc1cccc([C@@H]2[C@H](NC(=O)[C@@H]3CCO[C@H]3C)CCN2C2CC2)c1. The summed E-state index contributed by atoms with van der Waals surface area (Å²) in [4.78, 5) is 15.3. The lowest BCUT2D eigenvalue weighted by molar-refractivity contribution is -0.127. The number of carbonyl (C=O) groups excluding carboxylic acids is 1. The van der Waals surface area contributed by atoms with E-state index in [9.17, 15) is 4.79 Å². The number of benzene rings is 1. The van der Waals surface area contributed by atoms with Crippen LogP contribution < -0.4 is 10.1 Å². The van der Waals surface area contributed by atoms with Gasteiger partial charge in [-0.3, -0.25) is 9.69 Å². The van der Waals surface area contributed by atoms with Crippen molar-refractivity contribution in [1.29, 1.82) is 0 Å². The minimum atomic E-state index is -0.0130. The molecule has 5 nitrogen and oxygen atoms in total. The van der Waals surface area contributed by atoms with Crippen molar-refractivity contribution in [2.75, 3.05) is 20.3 Å². The molecule has 1 aromatic carbocycles. The Morgan fingerprint density at radius 1 is 1.28 bits per heavy atom. The fourth-order valence-electron chi connectivity index (χ4n) is 4.40. The third-order valence-electron chi connectivity index (χ3n) is 5.93. The minimum absolute atomic E-state index is 0.0130. The zero-order chi connectivity index (χ0) is 17.4. The molecule has 3 aliphatic rings. The molecule has 1 N–H and O–H groups in total. The van der Waals surface area contributed by atoms with Gasteiger partial charge in [0.05, 0.1) is 25.2 Å². The number of rotatable bonds is 5. The Hall–Kier alpha value is -1.59. The number of methoxy groups -OCH3 is 1. The van der Waals surface area contributed by atoms with E-state index in [1.165, 1.54) is 18.4 Å². The number of carbonyl (C=O) groups is 1. The first-order chi connectivity index (χ1) is 12.2. The second-order valence-electron chi connectivity index (χ2n) is 7.57. The van der Waals surface area contributed by atoms with Crippen molar-refractivity contribution >= 4 is 5.91 Å². The first-order valence-corrected chi connectivity index (χ1v) is 9.49. The van der Waals surface area contributed by atoms with Crippen LogP contribution in [-0.2, 0) is 9.53 Å². The molecule has 0 spiro atoms. The largest absolute Gasteiger partial charge is 0.497 e. The smallest absolute Gasteiger partial charge is 0.226 e. The van der Waals surface area contributed by atoms with Crippen molar-refractivity contribution in [3.8, 4) is 5.75 Å². The number of likely N-dealkylation sites (tertiary alicyclic amines) is 1. The van der Waals surface area contributed by atoms with Crippen molar-refractivity contribution in [2.45, 2.75) is 56.8 Å². The van der Waals surface area contributed by atoms with Crippen molar-refractivity contribution in [2.24, 2.45) is 5.92 Å². The molecule has 4 rings (SSSR count). The lowest BCUT2D eigenvalue weighted by Gasteiger charge is -2.30. The molecule has 3 fully saturated rings. The number of hydrogen-bond donors (Lipinski definition) is 1. The lowest BCUT2D eigenvalue weighted by atomic mass is 9.97. The molecular weight excluding hydrogens is 316 g/mol. The normalized spacial score (nSPS) is 32.7. The Morgan fingerprint density at radius 2 is 2.12 bits per heavy atom. The van der Waals surface area contributed by atoms with Gasteiger partial charge < -0.3 is 14.8 Å². The summed E-state index contributed by atoms with van der Waals surface area (Å²) in [6.07, 6.45) is 4.40. The molecule has 1 saturated carbocycles. The fourth-order valence-corrected chi connectivity index (χ4v) is 4.40. The summed E-state index contributed by atoms with van der Waals surface area (Å²) in [7, 11) is 1.70. The van der Waals surface area contributed by atoms with E-state index in [1.54, 1.807) is 7.11 Å². The summed E-state index contributed by atoms with van der Waals surface area (Å²) in [6, 6.07) is 9.37. The van der Waals surface area contributed by atoms with Gasteiger partial charge in [0.1, 0.15) is 5.75 Å². The van der Waals surface area contributed by atoms with Gasteiger partial charge in [-0.15, -0.1) is 0 Å². The van der Waals surface area contributed by atoms with Gasteiger partial charge in [0.25, 0.3) is 0 Å². The van der Waals surface area contributed by atoms with Crippen LogP contribution in [0.25, 0.3) is 0 Å². The number of amides is 1. The number of ether oxygens (including phenoxy) is 2. The monoisotopic (exact) mass is 344 g/mol. The van der Waals surface area contributed by atoms with Crippen LogP contribution in [0.1, 0.15) is 44.2 Å². The Bertz CT molecular complexity index is 631. The van der Waals surface area contributed by atoms with Gasteiger partial charge in [-0.2, -0.15) is 0 Å². The average Bonchev–Trinajstić information content (AvgIpc) is 3.25. The van der Waals surface area contributed by atoms with E-state index in [0.717, 1.165) is 25.1 Å². The van der Waals surface area contributed by atoms with Gasteiger partial charge in [0.2, 0.25) is 5.91 Å². The van der Waals surface area contributed by atoms with Crippen molar-refractivity contribution in [1.82, 2.24) is 10.2 Å². The second kappa shape index (κ2) is 6.96. The molecule has 2 aliphatic heterocycles. The molecule has 5 heteroatoms. The van der Waals surface area contributed by atoms with Gasteiger partial charge in [0, 0.05) is 25.2 Å². The lowest BCUT2D eigenvalue weighted by Crippen LogP contribution is -2.44. The summed E-state index contributed by atoms with van der Waals surface area (Å²) >= 11 is 0. The first-order valence-electron chi connectivity index (χ1n) is 9.49. The molecule has 25 heavy (non-hydrogen) atoms. The Balaban J connectivity index is 1.54. The van der Waals surface area contributed by atoms with E-state index in [4.69, 9.17) is 9.47 Å². The Morgan fingerprint density at radius 3 is 2.80 bits per heavy atom. The topological polar surface area (TPSA) is 50.8 Å². The fraction of sp³-hybridized carbons (Fsp3) is 0.650. The van der Waals surface area contributed by atoms with Crippen LogP contribution in [0, 0.1) is 5.92 Å². The summed E-state index contributed by atoms with van der Waals surface area (Å²) in [6.45, 7) is 3.74. The van der Waals surface area contributed by atoms with E-state index in [2.05, 4.69) is 22.3 Å². The average molecular weight is 344 g/mol. The zero-order valence-corrected chi connectivity index (χ0v) is 15.1. The van der Waals surface area contributed by atoms with Crippen LogP contribution in [-0.4, -0.2) is 49.3 Å². The van der Waals surface area contributed by atoms with Gasteiger partial charge in [0.15, 0.2) is 0 Å². The van der Waals surface area contributed by atoms with E-state index in [1.807, 2.05) is 19.1 Å². The highest BCUT2D eigenvalue weighted by Gasteiger charge is 2.44. The maximum Gasteiger partial charge on any atom is 0.226 e. The maximum absolute atomic E-state index is 12.8. The molecular formula is C20H28N2O3. The van der Waals surface area contributed by atoms with Gasteiger partial charge in [-0.25, -0.2) is 0 Å². The molecule has 1 aliphatic carbocycles. The predicted molar refractivity (Wildman–Crippen MR) is 95.5 cm³/mol. The number of nitrogens with one attached hydrogen (secondary N) is 1. The van der Waals surface area contributed by atoms with E-state index >= 15 is 0 Å². The third kappa shape index (κ3) is 3.40. The molecule has 1 aromatic rings. The predicted octanol–water partition coefficient (Wildman–Crippen LogP) is 2.51. The van der Waals surface area contributed by atoms with E-state index < -0.39 is 0 Å². The Labute approximate surface area is 149 Å². The summed E-state index contributed by atoms with van der Waals surface area (Å²) < 4.78 is 11.0. The van der Waals surface area contributed by atoms with Gasteiger partial charge >= 0.3 is 0 Å². The zero-order valence-electron chi connectivity index (χ0n) is 15.1. The molecule has 136 valence electrons. The molecule has 0 unspecified atom stereocenters. The molecule has 2 heterocycles. The highest BCUT2D eigenvalue weighted by atomic mass is 16.5. The number of hydrogen-bond acceptors (Lipinski definition) is 4. The number of nitrogens with zero attached hydrogens (tertiary/aromatic N) is 1. The molecule has 0 radical (unpaired) electrons. The summed E-state index contributed by atoms with van der Waals surface area (Å²) in [5.41, 5.74) is 1.24. The Kier molecular flexibility index (Phi) is 4.69. The van der Waals surface area contributed by atoms with Gasteiger partial charge in [-0.05, 0) is 50.3 Å². The van der Waals surface area contributed by atoms with Crippen molar-refractivity contribution < 1.29 is 14.3 Å². The summed E-state index contributed by atoms with van der Waals surface area (Å²) in [5, 5.41) is 3.35. The molecule has 1 amide bonds. The maximum atomic E-state index is 12.8. The highest BCUT2D eigenvalue weighted by molar-refractivity contribution is 5.80. The summed E-state index contributed by atoms with van der Waals surface area (Å²) in [5.74, 6) is 1.02. The molecule has 2 saturated heterocycles. The highest BCUT2D eigenvalue weighted by Crippen LogP contribution is 2.42. The van der Waals surface area contributed by atoms with E-state index in [-0.39, 0.29) is 30.0 Å². The van der Waals surface area contributed by atoms with Crippen LogP contribution >= 0.6 is 0 Å². The first kappa shape index (κ1) is 16.9. The van der Waals surface area contributed by atoms with Crippen LogP contribution in [0.5, 0.6) is 5.75 Å². The molecule has 4 atom stereocenters. The third-order valence-corrected chi connectivity index (χ3v) is 5.93. The second-order valence-corrected chi connectivity index (χ2v) is 7.57. The van der Waals surface area contributed by atoms with Crippen molar-refractivity contribution in [3.05, 3.63) is 29.8 Å². The van der Waals surface area contributed by atoms with E-state index in [0.29, 0.717) is 12.6 Å². The van der Waals surface area contributed by atoms with Gasteiger partial charge in [-0.1, -0.05) is 12.1 Å². The van der Waals surface area contributed by atoms with Crippen LogP contribution in [0.2, 0.25) is 0 Å². The standard InChI is InChI=1S/C20H28N2O3/c1-13-17(9-11-25-13)20(23)21-18-8-10-22(15-6-7-15)19(18)14-4-3-5-16(12-14)24-2/h3-5,12-13,15,17-19H,6-11H2,1-2H3,(H,21,23)/t13-,17+,18+,19+/m0/s1. The van der Waals surface area contributed by atoms with Crippen LogP contribution in [0.4, 0.5) is 0 Å². The molecule has 0 aromatic heterocycles. The quantitative estimate of drug-likeness (QED) is 0.892. The van der Waals surface area contributed by atoms with Crippen molar-refractivity contribution in [3.63, 3.8) is 0 Å². The van der Waals surface area contributed by atoms with Crippen LogP contribution in [0.3, 0.4) is 0 Å². The minimum Gasteiger partial charge on any atom is -0.497 e.